The Morgan fingerprint density at radius 2 is 1.88 bits per heavy atom. The summed E-state index contributed by atoms with van der Waals surface area (Å²) in [6.45, 7) is 1.96. The molecule has 0 spiro atoms. The Labute approximate surface area is 103 Å². The van der Waals surface area contributed by atoms with E-state index < -0.39 is 9.84 Å². The van der Waals surface area contributed by atoms with Gasteiger partial charge >= 0.3 is 0 Å². The molecule has 1 aromatic carbocycles. The summed E-state index contributed by atoms with van der Waals surface area (Å²) in [4.78, 5) is 0.456. The molecule has 0 saturated carbocycles. The van der Waals surface area contributed by atoms with Gasteiger partial charge in [0.2, 0.25) is 0 Å². The van der Waals surface area contributed by atoms with Crippen molar-refractivity contribution in [1.82, 2.24) is 5.32 Å². The van der Waals surface area contributed by atoms with E-state index in [2.05, 4.69) is 5.32 Å². The Kier molecular flexibility index (Phi) is 4.18. The van der Waals surface area contributed by atoms with Gasteiger partial charge in [-0.1, -0.05) is 18.2 Å². The van der Waals surface area contributed by atoms with Crippen molar-refractivity contribution in [3.8, 4) is 0 Å². The van der Waals surface area contributed by atoms with Crippen LogP contribution in [0.5, 0.6) is 0 Å². The fourth-order valence-corrected chi connectivity index (χ4v) is 4.01. The average molecular weight is 253 g/mol. The third kappa shape index (κ3) is 3.54. The molecule has 0 amide bonds. The molecule has 1 fully saturated rings. The zero-order chi connectivity index (χ0) is 12.1. The molecule has 1 N–H and O–H groups in total. The third-order valence-corrected chi connectivity index (χ3v) is 5.15. The fourth-order valence-electron chi connectivity index (χ4n) is 2.29. The van der Waals surface area contributed by atoms with E-state index >= 15 is 0 Å². The van der Waals surface area contributed by atoms with E-state index in [1.165, 1.54) is 0 Å². The molecule has 94 valence electrons. The molecule has 1 saturated heterocycles. The van der Waals surface area contributed by atoms with Crippen molar-refractivity contribution in [2.75, 3.05) is 18.8 Å². The molecular weight excluding hydrogens is 234 g/mol. The summed E-state index contributed by atoms with van der Waals surface area (Å²) in [7, 11) is -3.10. The molecule has 0 bridgehead atoms. The highest BCUT2D eigenvalue weighted by molar-refractivity contribution is 7.91. The number of nitrogens with one attached hydrogen (secondary N) is 1. The van der Waals surface area contributed by atoms with Crippen molar-refractivity contribution in [2.45, 2.75) is 24.2 Å². The van der Waals surface area contributed by atoms with Crippen molar-refractivity contribution in [1.29, 1.82) is 0 Å². The van der Waals surface area contributed by atoms with Crippen LogP contribution < -0.4 is 5.32 Å². The predicted molar refractivity (Wildman–Crippen MR) is 68.7 cm³/mol. The van der Waals surface area contributed by atoms with Gasteiger partial charge in [0.25, 0.3) is 0 Å². The third-order valence-electron chi connectivity index (χ3n) is 3.25. The van der Waals surface area contributed by atoms with E-state index in [1.807, 2.05) is 6.07 Å². The normalized spacial score (nSPS) is 22.0. The second-order valence-corrected chi connectivity index (χ2v) is 6.68. The van der Waals surface area contributed by atoms with E-state index in [1.54, 1.807) is 24.3 Å². The first-order valence-electron chi connectivity index (χ1n) is 6.17. The van der Waals surface area contributed by atoms with Gasteiger partial charge < -0.3 is 5.32 Å². The first-order chi connectivity index (χ1) is 8.18. The Morgan fingerprint density at radius 3 is 2.65 bits per heavy atom. The molecule has 1 unspecified atom stereocenters. The Balaban J connectivity index is 2.06. The second kappa shape index (κ2) is 5.65. The highest BCUT2D eigenvalue weighted by Crippen LogP contribution is 2.20. The minimum Gasteiger partial charge on any atom is -0.317 e. The zero-order valence-corrected chi connectivity index (χ0v) is 10.7. The minimum atomic E-state index is -3.10. The molecule has 17 heavy (non-hydrogen) atoms. The highest BCUT2D eigenvalue weighted by atomic mass is 32.2. The van der Waals surface area contributed by atoms with Gasteiger partial charge in [-0.3, -0.25) is 0 Å². The number of hydrogen-bond donors (Lipinski definition) is 1. The van der Waals surface area contributed by atoms with Crippen LogP contribution in [-0.4, -0.2) is 27.3 Å². The van der Waals surface area contributed by atoms with Crippen molar-refractivity contribution >= 4 is 9.84 Å². The summed E-state index contributed by atoms with van der Waals surface area (Å²) in [5.41, 5.74) is 0. The van der Waals surface area contributed by atoms with E-state index in [0.717, 1.165) is 32.4 Å². The van der Waals surface area contributed by atoms with Crippen molar-refractivity contribution < 1.29 is 8.42 Å². The Hall–Kier alpha value is -0.870. The maximum atomic E-state index is 12.2. The van der Waals surface area contributed by atoms with Crippen molar-refractivity contribution in [3.63, 3.8) is 0 Å². The second-order valence-electron chi connectivity index (χ2n) is 4.64. The molecule has 0 radical (unpaired) electrons. The summed E-state index contributed by atoms with van der Waals surface area (Å²) in [6.07, 6.45) is 3.06. The van der Waals surface area contributed by atoms with Gasteiger partial charge in [-0.25, -0.2) is 8.42 Å². The Morgan fingerprint density at radius 1 is 1.12 bits per heavy atom. The standard InChI is InChI=1S/C13H19NO2S/c15-17(16,13-6-2-1-3-7-13)11-12-5-4-9-14-10-8-12/h1-3,6-7,12,14H,4-5,8-11H2. The summed E-state index contributed by atoms with van der Waals surface area (Å²) in [5, 5.41) is 3.31. The molecule has 2 rings (SSSR count). The number of rotatable bonds is 3. The minimum absolute atomic E-state index is 0.290. The highest BCUT2D eigenvalue weighted by Gasteiger charge is 2.21. The predicted octanol–water partition coefficient (Wildman–Crippen LogP) is 1.85. The van der Waals surface area contributed by atoms with E-state index in [9.17, 15) is 8.42 Å². The monoisotopic (exact) mass is 253 g/mol. The van der Waals surface area contributed by atoms with Crippen LogP contribution in [0.2, 0.25) is 0 Å². The molecule has 1 aliphatic rings. The van der Waals surface area contributed by atoms with Gasteiger partial charge in [-0.05, 0) is 50.4 Å². The van der Waals surface area contributed by atoms with Gasteiger partial charge in [0.05, 0.1) is 10.6 Å². The summed E-state index contributed by atoms with van der Waals surface area (Å²) in [5.74, 6) is 0.591. The Bertz CT molecular complexity index is 434. The lowest BCUT2D eigenvalue weighted by atomic mass is 10.0. The molecule has 0 aromatic heterocycles. The molecule has 3 nitrogen and oxygen atoms in total. The lowest BCUT2D eigenvalue weighted by molar-refractivity contribution is 0.505. The van der Waals surface area contributed by atoms with E-state index in [0.29, 0.717) is 16.6 Å². The van der Waals surface area contributed by atoms with E-state index in [4.69, 9.17) is 0 Å². The van der Waals surface area contributed by atoms with Gasteiger partial charge in [-0.2, -0.15) is 0 Å². The van der Waals surface area contributed by atoms with Crippen molar-refractivity contribution in [3.05, 3.63) is 30.3 Å². The van der Waals surface area contributed by atoms with Crippen LogP contribution in [0.1, 0.15) is 19.3 Å². The molecule has 0 aliphatic carbocycles. The topological polar surface area (TPSA) is 46.2 Å². The van der Waals surface area contributed by atoms with Crippen LogP contribution in [-0.2, 0) is 9.84 Å². The fraction of sp³-hybridized carbons (Fsp3) is 0.538. The van der Waals surface area contributed by atoms with Crippen LogP contribution in [0.3, 0.4) is 0 Å². The number of hydrogen-bond acceptors (Lipinski definition) is 3. The van der Waals surface area contributed by atoms with Crippen molar-refractivity contribution in [2.24, 2.45) is 5.92 Å². The van der Waals surface area contributed by atoms with Crippen LogP contribution in [0.25, 0.3) is 0 Å². The lowest BCUT2D eigenvalue weighted by Gasteiger charge is -2.13. The van der Waals surface area contributed by atoms with E-state index in [-0.39, 0.29) is 0 Å². The van der Waals surface area contributed by atoms with Gasteiger partial charge in [0.15, 0.2) is 9.84 Å². The smallest absolute Gasteiger partial charge is 0.178 e. The van der Waals surface area contributed by atoms with Gasteiger partial charge in [-0.15, -0.1) is 0 Å². The van der Waals surface area contributed by atoms with Gasteiger partial charge in [0, 0.05) is 0 Å². The lowest BCUT2D eigenvalue weighted by Crippen LogP contribution is -2.18. The number of sulfone groups is 1. The quantitative estimate of drug-likeness (QED) is 0.894. The van der Waals surface area contributed by atoms with Gasteiger partial charge in [0.1, 0.15) is 0 Å². The number of benzene rings is 1. The van der Waals surface area contributed by atoms with Crippen LogP contribution in [0.4, 0.5) is 0 Å². The average Bonchev–Trinajstić information content (AvgIpc) is 2.58. The SMILES string of the molecule is O=S(=O)(CC1CCCNCC1)c1ccccc1. The maximum Gasteiger partial charge on any atom is 0.178 e. The van der Waals surface area contributed by atoms with Crippen LogP contribution >= 0.6 is 0 Å². The summed E-state index contributed by atoms with van der Waals surface area (Å²) >= 11 is 0. The maximum absolute atomic E-state index is 12.2. The molecule has 1 heterocycles. The molecule has 4 heteroatoms. The first kappa shape index (κ1) is 12.6. The zero-order valence-electron chi connectivity index (χ0n) is 9.93. The first-order valence-corrected chi connectivity index (χ1v) is 7.82. The van der Waals surface area contributed by atoms with Crippen LogP contribution in [0, 0.1) is 5.92 Å². The summed E-state index contributed by atoms with van der Waals surface area (Å²) in [6, 6.07) is 8.77. The molecule has 1 aromatic rings. The molecular formula is C13H19NO2S. The largest absolute Gasteiger partial charge is 0.317 e. The molecule has 1 atom stereocenters. The molecule has 1 aliphatic heterocycles. The summed E-state index contributed by atoms with van der Waals surface area (Å²) < 4.78 is 24.4. The van der Waals surface area contributed by atoms with Crippen LogP contribution in [0.15, 0.2) is 35.2 Å².